The van der Waals surface area contributed by atoms with Crippen molar-refractivity contribution < 1.29 is 4.79 Å². The van der Waals surface area contributed by atoms with Gasteiger partial charge in [0.15, 0.2) is 0 Å². The van der Waals surface area contributed by atoms with Crippen molar-refractivity contribution >= 4 is 11.7 Å². The van der Waals surface area contributed by atoms with Crippen LogP contribution >= 0.6 is 0 Å². The van der Waals surface area contributed by atoms with Crippen LogP contribution in [0.25, 0.3) is 0 Å². The van der Waals surface area contributed by atoms with Gasteiger partial charge in [-0.15, -0.1) is 0 Å². The molecule has 0 radical (unpaired) electrons. The van der Waals surface area contributed by atoms with Crippen LogP contribution in [-0.2, 0) is 4.79 Å². The summed E-state index contributed by atoms with van der Waals surface area (Å²) in [5.74, 6) is 1.72. The lowest BCUT2D eigenvalue weighted by atomic mass is 9.79. The molecule has 1 amide bonds. The number of amidine groups is 1. The van der Waals surface area contributed by atoms with Crippen LogP contribution in [0, 0.1) is 11.3 Å². The van der Waals surface area contributed by atoms with Crippen molar-refractivity contribution in [2.75, 3.05) is 13.6 Å². The van der Waals surface area contributed by atoms with Crippen molar-refractivity contribution in [3.8, 4) is 0 Å². The number of carbonyl (C=O) groups excluding carboxylic acids is 1. The molecule has 1 unspecified atom stereocenters. The number of hydrogen-bond acceptors (Lipinski definition) is 3. The zero-order valence-electron chi connectivity index (χ0n) is 15.4. The Morgan fingerprint density at radius 2 is 1.95 bits per heavy atom. The van der Waals surface area contributed by atoms with E-state index in [1.807, 2.05) is 11.9 Å². The van der Waals surface area contributed by atoms with E-state index in [2.05, 4.69) is 46.4 Å². The minimum atomic E-state index is 0.0999. The molecule has 0 bridgehead atoms. The quantitative estimate of drug-likeness (QED) is 0.785. The smallest absolute Gasteiger partial charge is 0.219 e. The molecule has 124 valence electrons. The van der Waals surface area contributed by atoms with Crippen LogP contribution in [0.5, 0.6) is 0 Å². The predicted molar refractivity (Wildman–Crippen MR) is 91.8 cm³/mol. The van der Waals surface area contributed by atoms with E-state index in [0.717, 1.165) is 13.0 Å². The zero-order valence-corrected chi connectivity index (χ0v) is 15.4. The van der Waals surface area contributed by atoms with Crippen molar-refractivity contribution in [3.05, 3.63) is 11.3 Å². The third kappa shape index (κ3) is 2.92. The van der Waals surface area contributed by atoms with Crippen molar-refractivity contribution in [1.82, 2.24) is 9.80 Å². The number of likely N-dealkylation sites (N-methyl/N-ethyl adjacent to an activating group) is 1. The number of aliphatic imine (C=N–C) groups is 1. The van der Waals surface area contributed by atoms with Crippen molar-refractivity contribution in [1.29, 1.82) is 0 Å². The van der Waals surface area contributed by atoms with E-state index in [-0.39, 0.29) is 23.4 Å². The van der Waals surface area contributed by atoms with E-state index in [4.69, 9.17) is 4.99 Å². The first-order valence-corrected chi connectivity index (χ1v) is 8.36. The molecule has 0 aromatic heterocycles. The first kappa shape index (κ1) is 17.0. The fourth-order valence-electron chi connectivity index (χ4n) is 3.82. The van der Waals surface area contributed by atoms with Gasteiger partial charge in [-0.25, -0.2) is 0 Å². The topological polar surface area (TPSA) is 35.9 Å². The summed E-state index contributed by atoms with van der Waals surface area (Å²) in [5.41, 5.74) is 2.93. The van der Waals surface area contributed by atoms with Gasteiger partial charge in [-0.1, -0.05) is 34.6 Å². The molecule has 0 saturated carbocycles. The number of amides is 1. The van der Waals surface area contributed by atoms with Crippen LogP contribution in [-0.4, -0.2) is 47.2 Å². The average molecular weight is 305 g/mol. The van der Waals surface area contributed by atoms with E-state index in [1.54, 1.807) is 6.92 Å². The van der Waals surface area contributed by atoms with Gasteiger partial charge in [-0.2, -0.15) is 0 Å². The van der Waals surface area contributed by atoms with E-state index in [9.17, 15) is 4.79 Å². The molecule has 0 aromatic carbocycles. The summed E-state index contributed by atoms with van der Waals surface area (Å²) in [6.45, 7) is 15.9. The highest BCUT2D eigenvalue weighted by Gasteiger charge is 2.41. The molecule has 2 atom stereocenters. The fourth-order valence-corrected chi connectivity index (χ4v) is 3.82. The molecule has 2 aliphatic heterocycles. The van der Waals surface area contributed by atoms with E-state index < -0.39 is 0 Å². The number of fused-ring (bicyclic) bond motifs is 1. The Bertz CT molecular complexity index is 525. The SMILES string of the molecule is CC(=O)N(C)C1CC2=C(C(C)(C)C)[C@H](C)N=C(C(C)C)N2C1. The maximum atomic E-state index is 11.8. The molecule has 0 aromatic rings. The number of rotatable bonds is 2. The van der Waals surface area contributed by atoms with E-state index in [1.165, 1.54) is 17.1 Å². The molecule has 1 fully saturated rings. The van der Waals surface area contributed by atoms with Gasteiger partial charge < -0.3 is 9.80 Å². The fraction of sp³-hybridized carbons (Fsp3) is 0.778. The van der Waals surface area contributed by atoms with Crippen molar-refractivity contribution in [2.45, 2.75) is 67.0 Å². The normalized spacial score (nSPS) is 25.5. The van der Waals surface area contributed by atoms with Crippen LogP contribution in [0.15, 0.2) is 16.3 Å². The summed E-state index contributed by atoms with van der Waals surface area (Å²) >= 11 is 0. The molecule has 2 rings (SSSR count). The molecule has 2 heterocycles. The monoisotopic (exact) mass is 305 g/mol. The summed E-state index contributed by atoms with van der Waals surface area (Å²) in [5, 5.41) is 0. The molecule has 4 heteroatoms. The molecule has 2 aliphatic rings. The van der Waals surface area contributed by atoms with Crippen LogP contribution in [0.3, 0.4) is 0 Å². The van der Waals surface area contributed by atoms with Crippen molar-refractivity contribution in [2.24, 2.45) is 16.3 Å². The second-order valence-corrected chi connectivity index (χ2v) is 8.03. The highest BCUT2D eigenvalue weighted by molar-refractivity contribution is 5.88. The molecule has 4 nitrogen and oxygen atoms in total. The van der Waals surface area contributed by atoms with Gasteiger partial charge in [-0.05, 0) is 17.9 Å². The molecule has 1 saturated heterocycles. The number of nitrogens with zero attached hydrogens (tertiary/aromatic N) is 3. The highest BCUT2D eigenvalue weighted by atomic mass is 16.2. The second kappa shape index (κ2) is 5.71. The Balaban J connectivity index is 2.46. The first-order valence-electron chi connectivity index (χ1n) is 8.36. The first-order chi connectivity index (χ1) is 10.0. The minimum absolute atomic E-state index is 0.0999. The van der Waals surface area contributed by atoms with E-state index >= 15 is 0 Å². The lowest BCUT2D eigenvalue weighted by Crippen LogP contribution is -2.42. The molecular weight excluding hydrogens is 274 g/mol. The van der Waals surface area contributed by atoms with Crippen LogP contribution in [0.4, 0.5) is 0 Å². The third-order valence-electron chi connectivity index (χ3n) is 4.85. The third-order valence-corrected chi connectivity index (χ3v) is 4.85. The molecule has 0 spiro atoms. The van der Waals surface area contributed by atoms with Crippen LogP contribution in [0.2, 0.25) is 0 Å². The minimum Gasteiger partial charge on any atom is -0.341 e. The van der Waals surface area contributed by atoms with Gasteiger partial charge in [0, 0.05) is 38.6 Å². The summed E-state index contributed by atoms with van der Waals surface area (Å²) in [6, 6.07) is 0.476. The van der Waals surface area contributed by atoms with Gasteiger partial charge in [0.2, 0.25) is 5.91 Å². The summed E-state index contributed by atoms with van der Waals surface area (Å²) in [7, 11) is 1.92. The largest absolute Gasteiger partial charge is 0.341 e. The standard InChI is InChI=1S/C18H31N3O/c1-11(2)17-19-12(3)16(18(5,6)7)15-9-14(10-21(15)17)20(8)13(4)22/h11-12,14H,9-10H2,1-8H3/t12-,14?/m0/s1. The Morgan fingerprint density at radius 1 is 1.36 bits per heavy atom. The summed E-state index contributed by atoms with van der Waals surface area (Å²) in [4.78, 5) is 21.0. The van der Waals surface area contributed by atoms with Gasteiger partial charge >= 0.3 is 0 Å². The van der Waals surface area contributed by atoms with Crippen LogP contribution in [0.1, 0.15) is 54.9 Å². The maximum absolute atomic E-state index is 11.8. The maximum Gasteiger partial charge on any atom is 0.219 e. The second-order valence-electron chi connectivity index (χ2n) is 8.03. The number of hydrogen-bond donors (Lipinski definition) is 0. The highest BCUT2D eigenvalue weighted by Crippen LogP contribution is 2.42. The Morgan fingerprint density at radius 3 is 2.41 bits per heavy atom. The van der Waals surface area contributed by atoms with E-state index in [0.29, 0.717) is 5.92 Å². The van der Waals surface area contributed by atoms with Crippen LogP contribution < -0.4 is 0 Å². The summed E-state index contributed by atoms with van der Waals surface area (Å²) in [6.07, 6.45) is 0.943. The van der Waals surface area contributed by atoms with Gasteiger partial charge in [-0.3, -0.25) is 9.79 Å². The van der Waals surface area contributed by atoms with Gasteiger partial charge in [0.25, 0.3) is 0 Å². The van der Waals surface area contributed by atoms with Gasteiger partial charge in [0.1, 0.15) is 5.84 Å². The Hall–Kier alpha value is -1.32. The Labute approximate surface area is 135 Å². The van der Waals surface area contributed by atoms with Gasteiger partial charge in [0.05, 0.1) is 12.1 Å². The molecular formula is C18H31N3O. The number of carbonyl (C=O) groups is 1. The molecule has 0 N–H and O–H groups in total. The lowest BCUT2D eigenvalue weighted by molar-refractivity contribution is -0.129. The lowest BCUT2D eigenvalue weighted by Gasteiger charge is -2.38. The predicted octanol–water partition coefficient (Wildman–Crippen LogP) is 3.30. The molecule has 22 heavy (non-hydrogen) atoms. The summed E-state index contributed by atoms with van der Waals surface area (Å²) < 4.78 is 0. The average Bonchev–Trinajstić information content (AvgIpc) is 2.78. The zero-order chi connectivity index (χ0) is 16.8. The van der Waals surface area contributed by atoms with Crippen molar-refractivity contribution in [3.63, 3.8) is 0 Å². The molecule has 0 aliphatic carbocycles. The Kier molecular flexibility index (Phi) is 4.42.